The van der Waals surface area contributed by atoms with Crippen LogP contribution in [0.1, 0.15) is 19.8 Å². The highest BCUT2D eigenvalue weighted by Crippen LogP contribution is 2.25. The van der Waals surface area contributed by atoms with E-state index in [9.17, 15) is 4.79 Å². The monoisotopic (exact) mass is 323 g/mol. The summed E-state index contributed by atoms with van der Waals surface area (Å²) in [6.45, 7) is 1.85. The van der Waals surface area contributed by atoms with Crippen LogP contribution in [-0.4, -0.2) is 37.4 Å². The van der Waals surface area contributed by atoms with Crippen molar-refractivity contribution in [2.24, 2.45) is 0 Å². The molecule has 0 bridgehead atoms. The summed E-state index contributed by atoms with van der Waals surface area (Å²) in [6.07, 6.45) is 2.15. The Balaban J connectivity index is 1.74. The van der Waals surface area contributed by atoms with Crippen LogP contribution in [0.2, 0.25) is 5.02 Å². The van der Waals surface area contributed by atoms with Crippen molar-refractivity contribution in [2.45, 2.75) is 36.2 Å². The zero-order valence-corrected chi connectivity index (χ0v) is 12.9. The lowest BCUT2D eigenvalue weighted by Gasteiger charge is -2.11. The van der Waals surface area contributed by atoms with Gasteiger partial charge in [-0.3, -0.25) is 4.79 Å². The number of thioether (sulfide) groups is 1. The summed E-state index contributed by atoms with van der Waals surface area (Å²) < 4.78 is 1.58. The Bertz CT molecular complexity index is 658. The molecular weight excluding hydrogens is 310 g/mol. The first-order chi connectivity index (χ1) is 10.1. The predicted molar refractivity (Wildman–Crippen MR) is 80.6 cm³/mol. The Hall–Kier alpha value is -1.60. The largest absolute Gasteiger partial charge is 0.352 e. The van der Waals surface area contributed by atoms with Crippen LogP contribution >= 0.6 is 23.4 Å². The number of rotatable bonds is 5. The molecular formula is C13H14ClN5OS. The maximum Gasteiger partial charge on any atom is 0.233 e. The lowest BCUT2D eigenvalue weighted by Crippen LogP contribution is -2.32. The number of nitrogens with one attached hydrogen (secondary N) is 1. The average Bonchev–Trinajstić information content (AvgIpc) is 3.15. The van der Waals surface area contributed by atoms with Gasteiger partial charge >= 0.3 is 0 Å². The molecule has 1 N–H and O–H groups in total. The molecule has 0 saturated heterocycles. The summed E-state index contributed by atoms with van der Waals surface area (Å²) >= 11 is 7.31. The minimum atomic E-state index is -0.255. The smallest absolute Gasteiger partial charge is 0.233 e. The molecule has 1 saturated carbocycles. The summed E-state index contributed by atoms with van der Waals surface area (Å²) in [6, 6.07) is 7.60. The molecule has 1 atom stereocenters. The number of benzene rings is 1. The van der Waals surface area contributed by atoms with Crippen molar-refractivity contribution in [3.8, 4) is 5.69 Å². The Labute approximate surface area is 131 Å². The number of carbonyl (C=O) groups excluding carboxylic acids is 1. The Morgan fingerprint density at radius 3 is 3.05 bits per heavy atom. The van der Waals surface area contributed by atoms with E-state index < -0.39 is 0 Å². The molecule has 1 amide bonds. The predicted octanol–water partition coefficient (Wildman–Crippen LogP) is 2.07. The van der Waals surface area contributed by atoms with E-state index in [-0.39, 0.29) is 11.2 Å². The molecule has 1 aliphatic rings. The van der Waals surface area contributed by atoms with Gasteiger partial charge in [-0.2, -0.15) is 4.68 Å². The van der Waals surface area contributed by atoms with Gasteiger partial charge in [0.05, 0.1) is 10.9 Å². The van der Waals surface area contributed by atoms with Gasteiger partial charge < -0.3 is 5.32 Å². The van der Waals surface area contributed by atoms with Crippen LogP contribution in [0.3, 0.4) is 0 Å². The molecule has 1 heterocycles. The van der Waals surface area contributed by atoms with Gasteiger partial charge in [0.2, 0.25) is 11.1 Å². The van der Waals surface area contributed by atoms with Gasteiger partial charge in [-0.1, -0.05) is 29.4 Å². The number of aromatic nitrogens is 4. The number of nitrogens with zero attached hydrogens (tertiary/aromatic N) is 4. The summed E-state index contributed by atoms with van der Waals surface area (Å²) in [5, 5.41) is 15.5. The van der Waals surface area contributed by atoms with E-state index in [1.807, 2.05) is 19.1 Å². The van der Waals surface area contributed by atoms with Gasteiger partial charge in [-0.25, -0.2) is 0 Å². The fourth-order valence-corrected chi connectivity index (χ4v) is 2.78. The van der Waals surface area contributed by atoms with E-state index in [1.54, 1.807) is 16.8 Å². The van der Waals surface area contributed by atoms with E-state index in [1.165, 1.54) is 11.8 Å². The normalized spacial score (nSPS) is 15.7. The third-order valence-corrected chi connectivity index (χ3v) is 4.34. The lowest BCUT2D eigenvalue weighted by atomic mass is 10.3. The molecule has 0 unspecified atom stereocenters. The first-order valence-electron chi connectivity index (χ1n) is 6.65. The van der Waals surface area contributed by atoms with Gasteiger partial charge in [-0.15, -0.1) is 5.10 Å². The number of halogens is 1. The summed E-state index contributed by atoms with van der Waals surface area (Å²) in [5.74, 6) is 0.0168. The highest BCUT2D eigenvalue weighted by atomic mass is 35.5. The molecule has 3 rings (SSSR count). The third kappa shape index (κ3) is 3.54. The SMILES string of the molecule is C[C@H](Sc1nnnn1-c1cccc(Cl)c1)C(=O)NC1CC1. The highest BCUT2D eigenvalue weighted by Gasteiger charge is 2.27. The summed E-state index contributed by atoms with van der Waals surface area (Å²) in [7, 11) is 0. The van der Waals surface area contributed by atoms with Crippen LogP contribution in [0.15, 0.2) is 29.4 Å². The zero-order chi connectivity index (χ0) is 14.8. The molecule has 2 aromatic rings. The summed E-state index contributed by atoms with van der Waals surface area (Å²) in [4.78, 5) is 12.0. The van der Waals surface area contributed by atoms with Crippen LogP contribution in [-0.2, 0) is 4.79 Å². The van der Waals surface area contributed by atoms with E-state index in [0.717, 1.165) is 18.5 Å². The second kappa shape index (κ2) is 6.03. The zero-order valence-electron chi connectivity index (χ0n) is 11.4. The number of hydrogen-bond acceptors (Lipinski definition) is 5. The van der Waals surface area contributed by atoms with Crippen LogP contribution in [0.25, 0.3) is 5.69 Å². The standard InChI is InChI=1S/C13H14ClN5OS/c1-8(12(20)15-10-5-6-10)21-13-16-17-18-19(13)11-4-2-3-9(14)7-11/h2-4,7-8,10H,5-6H2,1H3,(H,15,20)/t8-/m0/s1. The highest BCUT2D eigenvalue weighted by molar-refractivity contribution is 8.00. The second-order valence-corrected chi connectivity index (χ2v) is 6.64. The maximum atomic E-state index is 12.0. The molecule has 1 aromatic heterocycles. The molecule has 21 heavy (non-hydrogen) atoms. The van der Waals surface area contributed by atoms with Gasteiger partial charge in [0.15, 0.2) is 0 Å². The minimum Gasteiger partial charge on any atom is -0.352 e. The van der Waals surface area contributed by atoms with Crippen molar-refractivity contribution in [3.63, 3.8) is 0 Å². The number of tetrazole rings is 1. The van der Waals surface area contributed by atoms with Gasteiger partial charge in [0.1, 0.15) is 0 Å². The molecule has 0 radical (unpaired) electrons. The molecule has 0 aliphatic heterocycles. The minimum absolute atomic E-state index is 0.0168. The fraction of sp³-hybridized carbons (Fsp3) is 0.385. The van der Waals surface area contributed by atoms with Crippen molar-refractivity contribution in [2.75, 3.05) is 0 Å². The second-order valence-electron chi connectivity index (χ2n) is 4.90. The molecule has 110 valence electrons. The van der Waals surface area contributed by atoms with Crippen molar-refractivity contribution >= 4 is 29.3 Å². The van der Waals surface area contributed by atoms with E-state index >= 15 is 0 Å². The molecule has 1 aliphatic carbocycles. The summed E-state index contributed by atoms with van der Waals surface area (Å²) in [5.41, 5.74) is 0.768. The van der Waals surface area contributed by atoms with Crippen molar-refractivity contribution in [1.29, 1.82) is 0 Å². The van der Waals surface area contributed by atoms with Gasteiger partial charge in [0.25, 0.3) is 0 Å². The number of carbonyl (C=O) groups is 1. The van der Waals surface area contributed by atoms with Crippen molar-refractivity contribution in [1.82, 2.24) is 25.5 Å². The number of amides is 1. The maximum absolute atomic E-state index is 12.0. The molecule has 8 heteroatoms. The van der Waals surface area contributed by atoms with Gasteiger partial charge in [0, 0.05) is 11.1 Å². The number of hydrogen-bond donors (Lipinski definition) is 1. The van der Waals surface area contributed by atoms with Crippen molar-refractivity contribution in [3.05, 3.63) is 29.3 Å². The van der Waals surface area contributed by atoms with E-state index in [0.29, 0.717) is 16.2 Å². The van der Waals surface area contributed by atoms with E-state index in [2.05, 4.69) is 20.8 Å². The first kappa shape index (κ1) is 14.3. The quantitative estimate of drug-likeness (QED) is 0.853. The fourth-order valence-electron chi connectivity index (χ4n) is 1.78. The lowest BCUT2D eigenvalue weighted by molar-refractivity contribution is -0.120. The van der Waals surface area contributed by atoms with E-state index in [4.69, 9.17) is 11.6 Å². The molecule has 6 nitrogen and oxygen atoms in total. The Morgan fingerprint density at radius 1 is 1.52 bits per heavy atom. The Morgan fingerprint density at radius 2 is 2.33 bits per heavy atom. The topological polar surface area (TPSA) is 72.7 Å². The molecule has 1 fully saturated rings. The first-order valence-corrected chi connectivity index (χ1v) is 7.90. The van der Waals surface area contributed by atoms with Crippen LogP contribution < -0.4 is 5.32 Å². The average molecular weight is 324 g/mol. The van der Waals surface area contributed by atoms with Gasteiger partial charge in [-0.05, 0) is 48.4 Å². The Kier molecular flexibility index (Phi) is 4.12. The van der Waals surface area contributed by atoms with Crippen molar-refractivity contribution < 1.29 is 4.79 Å². The molecule has 0 spiro atoms. The third-order valence-electron chi connectivity index (χ3n) is 3.07. The van der Waals surface area contributed by atoms with Crippen LogP contribution in [0.4, 0.5) is 0 Å². The molecule has 1 aromatic carbocycles. The van der Waals surface area contributed by atoms with Crippen LogP contribution in [0, 0.1) is 0 Å². The van der Waals surface area contributed by atoms with Crippen LogP contribution in [0.5, 0.6) is 0 Å².